The highest BCUT2D eigenvalue weighted by molar-refractivity contribution is 5.86. The Hall–Kier alpha value is -2.37. The summed E-state index contributed by atoms with van der Waals surface area (Å²) in [5.41, 5.74) is 5.22. The van der Waals surface area contributed by atoms with Crippen LogP contribution in [0.2, 0.25) is 0 Å². The number of benzene rings is 1. The molecule has 0 bridgehead atoms. The van der Waals surface area contributed by atoms with Gasteiger partial charge in [-0.3, -0.25) is 4.79 Å². The maximum Gasteiger partial charge on any atom is 0.328 e. The Bertz CT molecular complexity index is 499. The van der Waals surface area contributed by atoms with E-state index in [1.54, 1.807) is 0 Å². The van der Waals surface area contributed by atoms with E-state index < -0.39 is 23.8 Å². The van der Waals surface area contributed by atoms with E-state index in [0.29, 0.717) is 0 Å². The first-order chi connectivity index (χ1) is 8.41. The van der Waals surface area contributed by atoms with Gasteiger partial charge < -0.3 is 15.6 Å². The summed E-state index contributed by atoms with van der Waals surface area (Å²) in [6, 6.07) is 4.01. The zero-order valence-electron chi connectivity index (χ0n) is 9.59. The number of carboxylic acids is 1. The van der Waals surface area contributed by atoms with Crippen molar-refractivity contribution in [3.63, 3.8) is 0 Å². The van der Waals surface area contributed by atoms with Gasteiger partial charge >= 0.3 is 5.97 Å². The van der Waals surface area contributed by atoms with E-state index in [1.165, 1.54) is 25.1 Å². The van der Waals surface area contributed by atoms with E-state index >= 15 is 0 Å². The van der Waals surface area contributed by atoms with E-state index in [-0.39, 0.29) is 11.3 Å². The molecule has 0 radical (unpaired) electrons. The van der Waals surface area contributed by atoms with E-state index in [2.05, 4.69) is 0 Å². The summed E-state index contributed by atoms with van der Waals surface area (Å²) >= 11 is 0. The Morgan fingerprint density at radius 3 is 2.72 bits per heavy atom. The minimum atomic E-state index is -1.17. The van der Waals surface area contributed by atoms with E-state index in [9.17, 15) is 14.0 Å². The Balaban J connectivity index is 3.08. The maximum absolute atomic E-state index is 13.5. The molecule has 0 fully saturated rings. The summed E-state index contributed by atoms with van der Waals surface area (Å²) in [5.74, 6) is -2.82. The lowest BCUT2D eigenvalue weighted by atomic mass is 10.1. The lowest BCUT2D eigenvalue weighted by Crippen LogP contribution is -2.31. The first-order valence-electron chi connectivity index (χ1n) is 5.07. The topological polar surface area (TPSA) is 89.6 Å². The molecule has 0 aliphatic carbocycles. The second kappa shape index (κ2) is 5.81. The van der Waals surface area contributed by atoms with Crippen LogP contribution in [0, 0.1) is 5.82 Å². The predicted molar refractivity (Wildman–Crippen MR) is 62.4 cm³/mol. The molecule has 0 saturated carbocycles. The van der Waals surface area contributed by atoms with Crippen LogP contribution in [0.1, 0.15) is 12.5 Å². The van der Waals surface area contributed by atoms with Gasteiger partial charge in [-0.05, 0) is 19.1 Å². The van der Waals surface area contributed by atoms with Crippen LogP contribution in [-0.2, 0) is 9.59 Å². The summed E-state index contributed by atoms with van der Waals surface area (Å²) in [5, 5.41) is 8.51. The smallest absolute Gasteiger partial charge is 0.328 e. The Labute approximate surface area is 103 Å². The molecule has 1 unspecified atom stereocenters. The number of rotatable bonds is 5. The average molecular weight is 253 g/mol. The molecule has 96 valence electrons. The molecule has 1 amide bonds. The van der Waals surface area contributed by atoms with Crippen molar-refractivity contribution in [1.82, 2.24) is 0 Å². The maximum atomic E-state index is 13.5. The van der Waals surface area contributed by atoms with Gasteiger partial charge in [0.05, 0.1) is 0 Å². The molecule has 1 aromatic carbocycles. The number of carbonyl (C=O) groups is 2. The minimum absolute atomic E-state index is 0.207. The molecule has 0 spiro atoms. The van der Waals surface area contributed by atoms with Crippen molar-refractivity contribution >= 4 is 18.0 Å². The van der Waals surface area contributed by atoms with Gasteiger partial charge in [-0.1, -0.05) is 12.1 Å². The Morgan fingerprint density at radius 1 is 1.50 bits per heavy atom. The third-order valence-corrected chi connectivity index (χ3v) is 2.10. The third kappa shape index (κ3) is 3.58. The summed E-state index contributed by atoms with van der Waals surface area (Å²) in [6.07, 6.45) is 1.00. The fourth-order valence-electron chi connectivity index (χ4n) is 1.18. The third-order valence-electron chi connectivity index (χ3n) is 2.10. The fraction of sp³-hybridized carbons (Fsp3) is 0.167. The highest BCUT2D eigenvalue weighted by Gasteiger charge is 2.15. The molecule has 6 heteroatoms. The van der Waals surface area contributed by atoms with Crippen molar-refractivity contribution in [2.24, 2.45) is 5.73 Å². The van der Waals surface area contributed by atoms with Gasteiger partial charge in [0.25, 0.3) is 5.91 Å². The largest absolute Gasteiger partial charge is 0.478 e. The van der Waals surface area contributed by atoms with Crippen molar-refractivity contribution in [3.8, 4) is 5.75 Å². The molecule has 5 nitrogen and oxygen atoms in total. The van der Waals surface area contributed by atoms with Gasteiger partial charge in [-0.25, -0.2) is 9.18 Å². The molecule has 0 aliphatic rings. The van der Waals surface area contributed by atoms with Crippen LogP contribution in [0.25, 0.3) is 6.08 Å². The molecule has 1 rings (SSSR count). The second-order valence-corrected chi connectivity index (χ2v) is 3.49. The molecule has 0 saturated heterocycles. The Kier molecular flexibility index (Phi) is 4.42. The number of para-hydroxylation sites is 1. The zero-order chi connectivity index (χ0) is 13.7. The average Bonchev–Trinajstić information content (AvgIpc) is 2.29. The summed E-state index contributed by atoms with van der Waals surface area (Å²) in [6.45, 7) is 1.37. The second-order valence-electron chi connectivity index (χ2n) is 3.49. The van der Waals surface area contributed by atoms with Gasteiger partial charge in [0.2, 0.25) is 0 Å². The van der Waals surface area contributed by atoms with Gasteiger partial charge in [0.1, 0.15) is 0 Å². The van der Waals surface area contributed by atoms with Crippen molar-refractivity contribution in [3.05, 3.63) is 35.7 Å². The number of nitrogens with two attached hydrogens (primary N) is 1. The van der Waals surface area contributed by atoms with Gasteiger partial charge in [-0.15, -0.1) is 0 Å². The molecule has 1 atom stereocenters. The number of halogens is 1. The standard InChI is InChI=1S/C12H12FNO4/c1-7(12(14)17)18-11-8(5-6-10(15)16)3-2-4-9(11)13/h2-7H,1H3,(H2,14,17)(H,15,16)/b6-5+. The number of hydrogen-bond donors (Lipinski definition) is 2. The number of carboxylic acid groups (broad SMARTS) is 1. The summed E-state index contributed by atoms with van der Waals surface area (Å²) in [4.78, 5) is 21.3. The zero-order valence-corrected chi connectivity index (χ0v) is 9.59. The van der Waals surface area contributed by atoms with Crippen LogP contribution in [0.5, 0.6) is 5.75 Å². The molecule has 0 aromatic heterocycles. The summed E-state index contributed by atoms with van der Waals surface area (Å²) < 4.78 is 18.6. The van der Waals surface area contributed by atoms with Crippen molar-refractivity contribution in [2.75, 3.05) is 0 Å². The number of carbonyl (C=O) groups excluding carboxylic acids is 1. The number of aliphatic carboxylic acids is 1. The Morgan fingerprint density at radius 2 is 2.17 bits per heavy atom. The van der Waals surface area contributed by atoms with Crippen LogP contribution in [0.3, 0.4) is 0 Å². The van der Waals surface area contributed by atoms with E-state index in [1.807, 2.05) is 0 Å². The molecule has 18 heavy (non-hydrogen) atoms. The lowest BCUT2D eigenvalue weighted by molar-refractivity contribution is -0.131. The normalized spacial score (nSPS) is 12.3. The van der Waals surface area contributed by atoms with Crippen molar-refractivity contribution < 1.29 is 23.8 Å². The van der Waals surface area contributed by atoms with Gasteiger partial charge in [0.15, 0.2) is 17.7 Å². The minimum Gasteiger partial charge on any atom is -0.478 e. The number of amides is 1. The molecule has 1 aromatic rings. The number of primary amides is 1. The van der Waals surface area contributed by atoms with Gasteiger partial charge in [0, 0.05) is 11.6 Å². The van der Waals surface area contributed by atoms with E-state index in [4.69, 9.17) is 15.6 Å². The van der Waals surface area contributed by atoms with Crippen LogP contribution < -0.4 is 10.5 Å². The number of hydrogen-bond acceptors (Lipinski definition) is 3. The lowest BCUT2D eigenvalue weighted by Gasteiger charge is -2.14. The quantitative estimate of drug-likeness (QED) is 0.771. The SMILES string of the molecule is CC(Oc1c(F)cccc1/C=C/C(=O)O)C(N)=O. The van der Waals surface area contributed by atoms with Crippen molar-refractivity contribution in [2.45, 2.75) is 13.0 Å². The molecule has 0 aliphatic heterocycles. The molecular weight excluding hydrogens is 241 g/mol. The van der Waals surface area contributed by atoms with Crippen LogP contribution in [0.4, 0.5) is 4.39 Å². The summed E-state index contributed by atoms with van der Waals surface area (Å²) in [7, 11) is 0. The first-order valence-corrected chi connectivity index (χ1v) is 5.07. The number of ether oxygens (including phenoxy) is 1. The fourth-order valence-corrected chi connectivity index (χ4v) is 1.18. The van der Waals surface area contributed by atoms with Crippen LogP contribution in [0.15, 0.2) is 24.3 Å². The molecule has 0 heterocycles. The molecule has 3 N–H and O–H groups in total. The first kappa shape index (κ1) is 13.7. The van der Waals surface area contributed by atoms with E-state index in [0.717, 1.165) is 12.1 Å². The monoisotopic (exact) mass is 253 g/mol. The highest BCUT2D eigenvalue weighted by Crippen LogP contribution is 2.25. The van der Waals surface area contributed by atoms with Gasteiger partial charge in [-0.2, -0.15) is 0 Å². The molecular formula is C12H12FNO4. The predicted octanol–water partition coefficient (Wildman–Crippen LogP) is 1.18. The van der Waals surface area contributed by atoms with Crippen LogP contribution >= 0.6 is 0 Å². The van der Waals surface area contributed by atoms with Crippen LogP contribution in [-0.4, -0.2) is 23.1 Å². The highest BCUT2D eigenvalue weighted by atomic mass is 19.1. The van der Waals surface area contributed by atoms with Crippen molar-refractivity contribution in [1.29, 1.82) is 0 Å².